The van der Waals surface area contributed by atoms with Crippen LogP contribution in [0.25, 0.3) is 0 Å². The lowest BCUT2D eigenvalue weighted by atomic mass is 9.73. The predicted molar refractivity (Wildman–Crippen MR) is 101 cm³/mol. The lowest BCUT2D eigenvalue weighted by molar-refractivity contribution is -0.163. The number of imide groups is 2. The van der Waals surface area contributed by atoms with Gasteiger partial charge in [-0.1, -0.05) is 0 Å². The Labute approximate surface area is 166 Å². The SMILES string of the molecule is COc1cc(C2SCC(O)C23C(=O)N(C)C(=O)N(C)C3=O)cc(OC)c1OC. The van der Waals surface area contributed by atoms with Crippen LogP contribution in [0.2, 0.25) is 0 Å². The number of barbiturate groups is 1. The molecule has 1 aromatic carbocycles. The van der Waals surface area contributed by atoms with Crippen molar-refractivity contribution >= 4 is 29.6 Å². The fraction of sp³-hybridized carbons (Fsp3) is 0.500. The van der Waals surface area contributed by atoms with Gasteiger partial charge in [0.25, 0.3) is 0 Å². The van der Waals surface area contributed by atoms with Crippen LogP contribution in [0.1, 0.15) is 10.8 Å². The van der Waals surface area contributed by atoms with E-state index in [4.69, 9.17) is 14.2 Å². The second kappa shape index (κ2) is 7.17. The van der Waals surface area contributed by atoms with Crippen LogP contribution in [0.4, 0.5) is 4.79 Å². The Morgan fingerprint density at radius 3 is 1.93 bits per heavy atom. The summed E-state index contributed by atoms with van der Waals surface area (Å²) in [5, 5.41) is 10.00. The van der Waals surface area contributed by atoms with Crippen LogP contribution in [0, 0.1) is 5.41 Å². The molecule has 0 radical (unpaired) electrons. The summed E-state index contributed by atoms with van der Waals surface area (Å²) < 4.78 is 16.1. The molecule has 28 heavy (non-hydrogen) atoms. The normalized spacial score (nSPS) is 24.1. The van der Waals surface area contributed by atoms with Gasteiger partial charge >= 0.3 is 6.03 Å². The second-order valence-corrected chi connectivity index (χ2v) is 7.71. The highest BCUT2D eigenvalue weighted by molar-refractivity contribution is 8.00. The average molecular weight is 410 g/mol. The topological polar surface area (TPSA) is 106 Å². The molecule has 0 aromatic heterocycles. The molecule has 0 bridgehead atoms. The maximum Gasteiger partial charge on any atom is 0.332 e. The highest BCUT2D eigenvalue weighted by Crippen LogP contribution is 2.58. The third kappa shape index (κ3) is 2.55. The van der Waals surface area contributed by atoms with E-state index in [0.717, 1.165) is 9.80 Å². The molecule has 2 unspecified atom stereocenters. The van der Waals surface area contributed by atoms with E-state index in [1.165, 1.54) is 47.2 Å². The van der Waals surface area contributed by atoms with Gasteiger partial charge in [0.05, 0.1) is 32.7 Å². The number of nitrogens with zero attached hydrogens (tertiary/aromatic N) is 2. The van der Waals surface area contributed by atoms with Gasteiger partial charge in [-0.3, -0.25) is 19.4 Å². The molecule has 2 fully saturated rings. The first-order chi connectivity index (χ1) is 13.2. The fourth-order valence-electron chi connectivity index (χ4n) is 3.79. The molecular formula is C18H22N2O7S. The minimum absolute atomic E-state index is 0.161. The highest BCUT2D eigenvalue weighted by atomic mass is 32.2. The zero-order valence-electron chi connectivity index (χ0n) is 16.2. The lowest BCUT2D eigenvalue weighted by Crippen LogP contribution is -2.67. The van der Waals surface area contributed by atoms with E-state index in [-0.39, 0.29) is 5.75 Å². The van der Waals surface area contributed by atoms with E-state index in [1.807, 2.05) is 0 Å². The lowest BCUT2D eigenvalue weighted by Gasteiger charge is -2.43. The quantitative estimate of drug-likeness (QED) is 0.730. The van der Waals surface area contributed by atoms with Crippen molar-refractivity contribution < 1.29 is 33.7 Å². The highest BCUT2D eigenvalue weighted by Gasteiger charge is 2.67. The molecule has 2 heterocycles. The van der Waals surface area contributed by atoms with E-state index < -0.39 is 34.6 Å². The molecule has 2 atom stereocenters. The summed E-state index contributed by atoms with van der Waals surface area (Å²) in [5.74, 6) is -0.190. The molecule has 0 aliphatic carbocycles. The van der Waals surface area contributed by atoms with Crippen molar-refractivity contribution in [3.05, 3.63) is 17.7 Å². The van der Waals surface area contributed by atoms with Crippen molar-refractivity contribution in [2.45, 2.75) is 11.4 Å². The van der Waals surface area contributed by atoms with Crippen molar-refractivity contribution in [3.8, 4) is 17.2 Å². The summed E-state index contributed by atoms with van der Waals surface area (Å²) in [6.45, 7) is 0. The van der Waals surface area contributed by atoms with Gasteiger partial charge in [-0.25, -0.2) is 4.79 Å². The number of hydrogen-bond acceptors (Lipinski definition) is 8. The molecule has 4 amide bonds. The van der Waals surface area contributed by atoms with Gasteiger partial charge in [-0.15, -0.1) is 11.8 Å². The summed E-state index contributed by atoms with van der Waals surface area (Å²) in [5.41, 5.74) is -1.26. The van der Waals surface area contributed by atoms with E-state index in [1.54, 1.807) is 12.1 Å². The number of carbonyl (C=O) groups is 3. The van der Waals surface area contributed by atoms with E-state index >= 15 is 0 Å². The van der Waals surface area contributed by atoms with Crippen LogP contribution in [0.5, 0.6) is 17.2 Å². The third-order valence-electron chi connectivity index (χ3n) is 5.24. The summed E-state index contributed by atoms with van der Waals surface area (Å²) in [7, 11) is 7.00. The molecule has 0 saturated carbocycles. The molecule has 2 saturated heterocycles. The maximum atomic E-state index is 13.1. The Morgan fingerprint density at radius 1 is 1.00 bits per heavy atom. The monoisotopic (exact) mass is 410 g/mol. The van der Waals surface area contributed by atoms with Gasteiger partial charge in [0.15, 0.2) is 16.9 Å². The molecule has 1 aromatic rings. The zero-order chi connectivity index (χ0) is 20.8. The van der Waals surface area contributed by atoms with Gasteiger partial charge in [-0.2, -0.15) is 0 Å². The second-order valence-electron chi connectivity index (χ2n) is 6.57. The minimum atomic E-state index is -1.81. The number of rotatable bonds is 4. The zero-order valence-corrected chi connectivity index (χ0v) is 17.0. The molecule has 2 aliphatic rings. The van der Waals surface area contributed by atoms with Gasteiger partial charge < -0.3 is 19.3 Å². The van der Waals surface area contributed by atoms with Crippen molar-refractivity contribution in [1.82, 2.24) is 9.80 Å². The summed E-state index contributed by atoms with van der Waals surface area (Å²) in [6.07, 6.45) is -1.25. The van der Waals surface area contributed by atoms with Crippen molar-refractivity contribution in [3.63, 3.8) is 0 Å². The molecule has 1 spiro atoms. The number of urea groups is 1. The van der Waals surface area contributed by atoms with Crippen molar-refractivity contribution in [2.24, 2.45) is 5.41 Å². The Morgan fingerprint density at radius 2 is 1.50 bits per heavy atom. The third-order valence-corrected chi connectivity index (χ3v) is 6.73. The van der Waals surface area contributed by atoms with Crippen LogP contribution in [0.15, 0.2) is 12.1 Å². The van der Waals surface area contributed by atoms with Crippen LogP contribution in [0.3, 0.4) is 0 Å². The molecule has 2 aliphatic heterocycles. The summed E-state index contributed by atoms with van der Waals surface area (Å²) >= 11 is 1.27. The summed E-state index contributed by atoms with van der Waals surface area (Å²) in [4.78, 5) is 40.2. The standard InChI is InChI=1S/C18H22N2O7S/c1-19-15(22)18(16(23)20(2)17(19)24)12(21)8-28-14(18)9-6-10(25-3)13(27-5)11(7-9)26-4/h6-7,12,14,21H,8H2,1-5H3. The number of hydrogen-bond donors (Lipinski definition) is 1. The minimum Gasteiger partial charge on any atom is -0.493 e. The van der Waals surface area contributed by atoms with Crippen LogP contribution < -0.4 is 14.2 Å². The maximum absolute atomic E-state index is 13.1. The first kappa shape index (κ1) is 20.3. The number of carbonyl (C=O) groups excluding carboxylic acids is 3. The fourth-order valence-corrected chi connectivity index (χ4v) is 5.38. The van der Waals surface area contributed by atoms with E-state index in [9.17, 15) is 19.5 Å². The summed E-state index contributed by atoms with van der Waals surface area (Å²) in [6, 6.07) is 2.57. The number of ether oxygens (including phenoxy) is 3. The molecule has 152 valence electrons. The van der Waals surface area contributed by atoms with Gasteiger partial charge in [0.1, 0.15) is 0 Å². The first-order valence-corrected chi connectivity index (χ1v) is 9.50. The van der Waals surface area contributed by atoms with Crippen molar-refractivity contribution in [1.29, 1.82) is 0 Å². The Hall–Kier alpha value is -2.46. The molecule has 3 rings (SSSR count). The number of amides is 4. The number of aliphatic hydroxyl groups is 1. The largest absolute Gasteiger partial charge is 0.493 e. The van der Waals surface area contributed by atoms with Crippen LogP contribution in [-0.4, -0.2) is 80.0 Å². The average Bonchev–Trinajstić information content (AvgIpc) is 3.06. The van der Waals surface area contributed by atoms with Gasteiger partial charge in [0, 0.05) is 19.8 Å². The predicted octanol–water partition coefficient (Wildman–Crippen LogP) is 0.898. The Bertz CT molecular complexity index is 794. The molecule has 9 nitrogen and oxygen atoms in total. The van der Waals surface area contributed by atoms with Crippen molar-refractivity contribution in [2.75, 3.05) is 41.2 Å². The van der Waals surface area contributed by atoms with Crippen LogP contribution in [-0.2, 0) is 9.59 Å². The number of methoxy groups -OCH3 is 3. The van der Waals surface area contributed by atoms with E-state index in [2.05, 4.69) is 0 Å². The Balaban J connectivity index is 2.21. The first-order valence-electron chi connectivity index (χ1n) is 8.45. The number of aliphatic hydroxyl groups excluding tert-OH is 1. The smallest absolute Gasteiger partial charge is 0.332 e. The molecule has 1 N–H and O–H groups in total. The van der Waals surface area contributed by atoms with Gasteiger partial charge in [0.2, 0.25) is 17.6 Å². The van der Waals surface area contributed by atoms with Gasteiger partial charge in [-0.05, 0) is 17.7 Å². The molecule has 10 heteroatoms. The van der Waals surface area contributed by atoms with Crippen LogP contribution >= 0.6 is 11.8 Å². The Kier molecular flexibility index (Phi) is 5.20. The van der Waals surface area contributed by atoms with E-state index in [0.29, 0.717) is 22.8 Å². The molecular weight excluding hydrogens is 388 g/mol. The number of thioether (sulfide) groups is 1. The number of benzene rings is 1.